The van der Waals surface area contributed by atoms with Crippen LogP contribution < -0.4 is 5.32 Å². The number of esters is 1. The molecule has 6 heteroatoms. The summed E-state index contributed by atoms with van der Waals surface area (Å²) in [5.74, 6) is -0.0158. The molecule has 0 saturated carbocycles. The van der Waals surface area contributed by atoms with Crippen molar-refractivity contribution in [2.75, 3.05) is 13.2 Å². The van der Waals surface area contributed by atoms with Gasteiger partial charge in [-0.25, -0.2) is 0 Å². The van der Waals surface area contributed by atoms with E-state index in [1.165, 1.54) is 308 Å². The number of allylic oxidation sites excluding steroid dienone is 4. The molecule has 0 aliphatic rings. The minimum Gasteiger partial charge on any atom is -0.466 e. The van der Waals surface area contributed by atoms with Crippen molar-refractivity contribution in [1.82, 2.24) is 5.32 Å². The summed E-state index contributed by atoms with van der Waals surface area (Å²) < 4.78 is 5.49. The zero-order chi connectivity index (χ0) is 55.0. The lowest BCUT2D eigenvalue weighted by molar-refractivity contribution is -0.143. The summed E-state index contributed by atoms with van der Waals surface area (Å²) in [5, 5.41) is 23.3. The van der Waals surface area contributed by atoms with Gasteiger partial charge >= 0.3 is 5.97 Å². The van der Waals surface area contributed by atoms with Crippen molar-refractivity contribution in [1.29, 1.82) is 0 Å². The van der Waals surface area contributed by atoms with E-state index in [1.54, 1.807) is 0 Å². The van der Waals surface area contributed by atoms with E-state index in [9.17, 15) is 19.8 Å². The first kappa shape index (κ1) is 74.3. The van der Waals surface area contributed by atoms with Gasteiger partial charge in [-0.1, -0.05) is 340 Å². The molecule has 0 aliphatic carbocycles. The van der Waals surface area contributed by atoms with Gasteiger partial charge in [0.1, 0.15) is 0 Å². The number of carbonyl (C=O) groups excluding carboxylic acids is 2. The second kappa shape index (κ2) is 65.9. The quantitative estimate of drug-likeness (QED) is 0.0320. The molecule has 0 heterocycles. The highest BCUT2D eigenvalue weighted by atomic mass is 16.5. The van der Waals surface area contributed by atoms with Crippen LogP contribution in [0.4, 0.5) is 0 Å². The van der Waals surface area contributed by atoms with E-state index in [0.717, 1.165) is 44.9 Å². The highest BCUT2D eigenvalue weighted by Gasteiger charge is 2.20. The minimum absolute atomic E-state index is 0.0166. The molecule has 0 aliphatic heterocycles. The molecule has 0 fully saturated rings. The Morgan fingerprint density at radius 3 is 1.00 bits per heavy atom. The summed E-state index contributed by atoms with van der Waals surface area (Å²) in [6.07, 6.45) is 82.3. The molecule has 0 rings (SSSR count). The smallest absolute Gasteiger partial charge is 0.305 e. The highest BCUT2D eigenvalue weighted by Crippen LogP contribution is 2.19. The maximum absolute atomic E-state index is 12.5. The van der Waals surface area contributed by atoms with Crippen LogP contribution in [0.5, 0.6) is 0 Å². The van der Waals surface area contributed by atoms with Crippen LogP contribution >= 0.6 is 0 Å². The number of carbonyl (C=O) groups is 2. The average Bonchev–Trinajstić information content (AvgIpc) is 3.42. The van der Waals surface area contributed by atoms with Crippen molar-refractivity contribution in [2.24, 2.45) is 0 Å². The fourth-order valence-corrected chi connectivity index (χ4v) is 11.0. The van der Waals surface area contributed by atoms with Gasteiger partial charge in [-0.05, 0) is 57.8 Å². The molecule has 0 aromatic carbocycles. The first-order chi connectivity index (χ1) is 37.5. The van der Waals surface area contributed by atoms with E-state index in [2.05, 4.69) is 43.5 Å². The third kappa shape index (κ3) is 61.6. The monoisotopic (exact) mass is 1070 g/mol. The number of ether oxygens (including phenoxy) is 1. The van der Waals surface area contributed by atoms with Gasteiger partial charge in [-0.3, -0.25) is 9.59 Å². The van der Waals surface area contributed by atoms with Crippen LogP contribution in [0.15, 0.2) is 24.3 Å². The lowest BCUT2D eigenvalue weighted by atomic mass is 10.0. The fourth-order valence-electron chi connectivity index (χ4n) is 11.0. The van der Waals surface area contributed by atoms with Crippen molar-refractivity contribution in [3.63, 3.8) is 0 Å². The molecule has 3 N–H and O–H groups in total. The molecule has 0 aromatic rings. The molecule has 2 unspecified atom stereocenters. The second-order valence-corrected chi connectivity index (χ2v) is 23.9. The Bertz CT molecular complexity index is 1190. The molecule has 0 spiro atoms. The molecule has 1 amide bonds. The summed E-state index contributed by atoms with van der Waals surface area (Å²) in [5.41, 5.74) is 0. The molecular formula is C70H135NO5. The first-order valence-electron chi connectivity index (χ1n) is 34.6. The molecule has 0 bridgehead atoms. The number of unbranched alkanes of at least 4 members (excludes halogenated alkanes) is 50. The van der Waals surface area contributed by atoms with Crippen molar-refractivity contribution < 1.29 is 24.5 Å². The molecule has 6 nitrogen and oxygen atoms in total. The van der Waals surface area contributed by atoms with Crippen molar-refractivity contribution in [3.05, 3.63) is 24.3 Å². The largest absolute Gasteiger partial charge is 0.466 e. The van der Waals surface area contributed by atoms with E-state index in [4.69, 9.17) is 4.74 Å². The van der Waals surface area contributed by atoms with Gasteiger partial charge in [0.2, 0.25) is 5.91 Å². The molecule has 76 heavy (non-hydrogen) atoms. The number of hydrogen-bond donors (Lipinski definition) is 3. The van der Waals surface area contributed by atoms with Crippen molar-refractivity contribution >= 4 is 11.9 Å². The van der Waals surface area contributed by atoms with Gasteiger partial charge in [0.15, 0.2) is 0 Å². The van der Waals surface area contributed by atoms with Gasteiger partial charge in [0, 0.05) is 12.8 Å². The topological polar surface area (TPSA) is 95.9 Å². The molecule has 0 radical (unpaired) electrons. The summed E-state index contributed by atoms with van der Waals surface area (Å²) in [4.78, 5) is 24.6. The van der Waals surface area contributed by atoms with Crippen LogP contribution in [0.1, 0.15) is 386 Å². The molecule has 0 saturated heterocycles. The van der Waals surface area contributed by atoms with E-state index in [1.807, 2.05) is 0 Å². The van der Waals surface area contributed by atoms with Crippen molar-refractivity contribution in [2.45, 2.75) is 398 Å². The zero-order valence-corrected chi connectivity index (χ0v) is 51.5. The summed E-state index contributed by atoms with van der Waals surface area (Å²) in [7, 11) is 0. The third-order valence-electron chi connectivity index (χ3n) is 16.3. The number of aliphatic hydroxyl groups is 2. The Hall–Kier alpha value is -1.66. The normalized spacial score (nSPS) is 12.6. The summed E-state index contributed by atoms with van der Waals surface area (Å²) in [6.45, 7) is 4.98. The van der Waals surface area contributed by atoms with Gasteiger partial charge in [-0.15, -0.1) is 0 Å². The number of hydrogen-bond acceptors (Lipinski definition) is 5. The van der Waals surface area contributed by atoms with E-state index in [0.29, 0.717) is 25.9 Å². The highest BCUT2D eigenvalue weighted by molar-refractivity contribution is 5.76. The van der Waals surface area contributed by atoms with E-state index >= 15 is 0 Å². The Kier molecular flexibility index (Phi) is 64.4. The van der Waals surface area contributed by atoms with Crippen LogP contribution in [0.3, 0.4) is 0 Å². The Labute approximate surface area is 475 Å². The van der Waals surface area contributed by atoms with Crippen LogP contribution in [-0.4, -0.2) is 47.4 Å². The van der Waals surface area contributed by atoms with E-state index < -0.39 is 12.1 Å². The van der Waals surface area contributed by atoms with Gasteiger partial charge in [0.05, 0.1) is 25.4 Å². The van der Waals surface area contributed by atoms with E-state index in [-0.39, 0.29) is 18.5 Å². The predicted molar refractivity (Wildman–Crippen MR) is 333 cm³/mol. The molecule has 2 atom stereocenters. The predicted octanol–water partition coefficient (Wildman–Crippen LogP) is 22.1. The maximum atomic E-state index is 12.5. The Balaban J connectivity index is 3.37. The first-order valence-corrected chi connectivity index (χ1v) is 34.6. The van der Waals surface area contributed by atoms with Crippen LogP contribution in [-0.2, 0) is 14.3 Å². The summed E-state index contributed by atoms with van der Waals surface area (Å²) in [6, 6.07) is -0.540. The number of aliphatic hydroxyl groups excluding tert-OH is 2. The van der Waals surface area contributed by atoms with Crippen LogP contribution in [0.25, 0.3) is 0 Å². The second-order valence-electron chi connectivity index (χ2n) is 23.9. The maximum Gasteiger partial charge on any atom is 0.305 e. The Morgan fingerprint density at radius 1 is 0.368 bits per heavy atom. The minimum atomic E-state index is -0.663. The standard InChI is InChI=1S/C70H135NO5/c1-3-5-7-9-11-13-15-17-35-40-44-48-52-56-60-64-70(75)76-65-61-57-53-49-45-41-37-34-32-30-28-26-24-22-20-18-19-21-23-25-27-29-31-33-36-39-43-47-51-55-59-63-69(74)71-67(66-72)68(73)62-58-54-50-46-42-38-16-14-12-10-8-6-4-2/h20,22,26,28,67-68,72-73H,3-19,21,23-25,27,29-66H2,1-2H3,(H,71,74)/b22-20-,28-26-. The third-order valence-corrected chi connectivity index (χ3v) is 16.3. The van der Waals surface area contributed by atoms with Gasteiger partial charge in [0.25, 0.3) is 0 Å². The fraction of sp³-hybridized carbons (Fsp3) is 0.914. The number of nitrogens with one attached hydrogen (secondary N) is 1. The molecular weight excluding hydrogens is 935 g/mol. The average molecular weight is 1070 g/mol. The molecule has 0 aromatic heterocycles. The van der Waals surface area contributed by atoms with Gasteiger partial charge < -0.3 is 20.3 Å². The van der Waals surface area contributed by atoms with Crippen molar-refractivity contribution in [3.8, 4) is 0 Å². The van der Waals surface area contributed by atoms with Gasteiger partial charge in [-0.2, -0.15) is 0 Å². The lowest BCUT2D eigenvalue weighted by Gasteiger charge is -2.22. The van der Waals surface area contributed by atoms with Crippen LogP contribution in [0, 0.1) is 0 Å². The molecule has 450 valence electrons. The van der Waals surface area contributed by atoms with Crippen LogP contribution in [0.2, 0.25) is 0 Å². The number of amides is 1. The SMILES string of the molecule is CCCCCCCCCCCCCCCCCC(=O)OCCCCCCCCCCC/C=C\C/C=C\CCCCCCCCCCCCCCCCCC(=O)NC(CO)C(O)CCCCCCCCCCCCCCC. The summed E-state index contributed by atoms with van der Waals surface area (Å²) >= 11 is 0. The zero-order valence-electron chi connectivity index (χ0n) is 51.5. The number of rotatable bonds is 65. The lowest BCUT2D eigenvalue weighted by Crippen LogP contribution is -2.45. The Morgan fingerprint density at radius 2 is 0.658 bits per heavy atom.